The summed E-state index contributed by atoms with van der Waals surface area (Å²) in [4.78, 5) is 11.4. The molecule has 1 aromatic heterocycles. The van der Waals surface area contributed by atoms with Crippen LogP contribution in [0.4, 0.5) is 5.69 Å². The van der Waals surface area contributed by atoms with Crippen LogP contribution in [-0.2, 0) is 0 Å². The van der Waals surface area contributed by atoms with Crippen molar-refractivity contribution in [2.24, 2.45) is 0 Å². The van der Waals surface area contributed by atoms with E-state index in [1.54, 1.807) is 0 Å². The number of anilines is 1. The van der Waals surface area contributed by atoms with Crippen molar-refractivity contribution in [1.82, 2.24) is 15.3 Å². The van der Waals surface area contributed by atoms with Crippen molar-refractivity contribution in [3.8, 4) is 11.3 Å². The number of piperazine rings is 1. The van der Waals surface area contributed by atoms with Crippen molar-refractivity contribution in [2.75, 3.05) is 31.1 Å². The summed E-state index contributed by atoms with van der Waals surface area (Å²) in [5.74, 6) is 0.817. The molecule has 2 heterocycles. The molecule has 0 atom stereocenters. The summed E-state index contributed by atoms with van der Waals surface area (Å²) in [6.45, 7) is 5.98. The van der Waals surface area contributed by atoms with Gasteiger partial charge in [0.25, 0.3) is 0 Å². The summed E-state index contributed by atoms with van der Waals surface area (Å²) in [5, 5.41) is 3.37. The third kappa shape index (κ3) is 2.58. The minimum atomic E-state index is 0.817. The molecule has 1 aromatic carbocycles. The number of aromatic nitrogens is 2. The van der Waals surface area contributed by atoms with E-state index in [2.05, 4.69) is 32.3 Å². The fraction of sp³-hybridized carbons (Fsp3) is 0.333. The van der Waals surface area contributed by atoms with E-state index in [0.717, 1.165) is 48.9 Å². The van der Waals surface area contributed by atoms with Crippen LogP contribution in [0.1, 0.15) is 5.82 Å². The lowest BCUT2D eigenvalue weighted by atomic mass is 10.1. The summed E-state index contributed by atoms with van der Waals surface area (Å²) in [6.07, 6.45) is 1.95. The predicted molar refractivity (Wildman–Crippen MR) is 77.3 cm³/mol. The van der Waals surface area contributed by atoms with Crippen molar-refractivity contribution >= 4 is 5.69 Å². The Morgan fingerprint density at radius 3 is 2.58 bits per heavy atom. The van der Waals surface area contributed by atoms with E-state index in [0.29, 0.717) is 0 Å². The van der Waals surface area contributed by atoms with Crippen LogP contribution in [0.5, 0.6) is 0 Å². The van der Waals surface area contributed by atoms with Gasteiger partial charge in [-0.15, -0.1) is 0 Å². The summed E-state index contributed by atoms with van der Waals surface area (Å²) in [6, 6.07) is 10.3. The Balaban J connectivity index is 2.04. The van der Waals surface area contributed by atoms with E-state index in [9.17, 15) is 0 Å². The van der Waals surface area contributed by atoms with Crippen molar-refractivity contribution < 1.29 is 0 Å². The Morgan fingerprint density at radius 2 is 1.84 bits per heavy atom. The van der Waals surface area contributed by atoms with E-state index < -0.39 is 0 Å². The Morgan fingerprint density at radius 1 is 1.11 bits per heavy atom. The van der Waals surface area contributed by atoms with Crippen LogP contribution in [-0.4, -0.2) is 36.1 Å². The number of nitrogens with zero attached hydrogens (tertiary/aromatic N) is 3. The summed E-state index contributed by atoms with van der Waals surface area (Å²) in [7, 11) is 0. The third-order valence-corrected chi connectivity index (χ3v) is 3.39. The minimum Gasteiger partial charge on any atom is -0.366 e. The number of aryl methyl sites for hydroxylation is 1. The fourth-order valence-corrected chi connectivity index (χ4v) is 2.41. The third-order valence-electron chi connectivity index (χ3n) is 3.39. The van der Waals surface area contributed by atoms with Gasteiger partial charge >= 0.3 is 0 Å². The van der Waals surface area contributed by atoms with Gasteiger partial charge in [-0.25, -0.2) is 9.97 Å². The first-order valence-corrected chi connectivity index (χ1v) is 6.69. The lowest BCUT2D eigenvalue weighted by Crippen LogP contribution is -2.43. The Labute approximate surface area is 113 Å². The molecule has 19 heavy (non-hydrogen) atoms. The van der Waals surface area contributed by atoms with Gasteiger partial charge < -0.3 is 10.2 Å². The molecule has 1 N–H and O–H groups in total. The van der Waals surface area contributed by atoms with Gasteiger partial charge in [-0.2, -0.15) is 0 Å². The Bertz CT molecular complexity index is 547. The second-order valence-electron chi connectivity index (χ2n) is 4.75. The molecule has 0 saturated carbocycles. The molecule has 0 amide bonds. The molecule has 2 aromatic rings. The number of nitrogens with one attached hydrogen (secondary N) is 1. The second-order valence-corrected chi connectivity index (χ2v) is 4.75. The predicted octanol–water partition coefficient (Wildman–Crippen LogP) is 1.86. The van der Waals surface area contributed by atoms with Gasteiger partial charge in [0.15, 0.2) is 0 Å². The molecule has 0 bridgehead atoms. The highest BCUT2D eigenvalue weighted by Gasteiger charge is 2.16. The molecule has 1 aliphatic heterocycles. The first-order chi connectivity index (χ1) is 9.34. The molecule has 1 saturated heterocycles. The zero-order valence-corrected chi connectivity index (χ0v) is 11.1. The molecule has 0 radical (unpaired) electrons. The molecule has 1 fully saturated rings. The zero-order chi connectivity index (χ0) is 13.1. The first-order valence-electron chi connectivity index (χ1n) is 6.69. The molecule has 4 heteroatoms. The molecule has 0 spiro atoms. The maximum Gasteiger partial charge on any atom is 0.126 e. The van der Waals surface area contributed by atoms with Gasteiger partial charge in [-0.3, -0.25) is 0 Å². The number of hydrogen-bond acceptors (Lipinski definition) is 4. The van der Waals surface area contributed by atoms with Crippen LogP contribution in [0, 0.1) is 6.92 Å². The van der Waals surface area contributed by atoms with Crippen molar-refractivity contribution in [2.45, 2.75) is 6.92 Å². The lowest BCUT2D eigenvalue weighted by Gasteiger charge is -2.30. The summed E-state index contributed by atoms with van der Waals surface area (Å²) in [5.41, 5.74) is 3.33. The van der Waals surface area contributed by atoms with Crippen LogP contribution in [0.25, 0.3) is 11.3 Å². The second kappa shape index (κ2) is 5.36. The average Bonchev–Trinajstić information content (AvgIpc) is 2.49. The topological polar surface area (TPSA) is 41.1 Å². The molecular formula is C15H18N4. The molecule has 98 valence electrons. The Hall–Kier alpha value is -1.94. The Kier molecular flexibility index (Phi) is 3.42. The lowest BCUT2D eigenvalue weighted by molar-refractivity contribution is 0.588. The van der Waals surface area contributed by atoms with Crippen LogP contribution >= 0.6 is 0 Å². The quantitative estimate of drug-likeness (QED) is 0.888. The smallest absolute Gasteiger partial charge is 0.126 e. The van der Waals surface area contributed by atoms with Crippen molar-refractivity contribution in [1.29, 1.82) is 0 Å². The van der Waals surface area contributed by atoms with Gasteiger partial charge in [0.05, 0.1) is 17.6 Å². The minimum absolute atomic E-state index is 0.817. The molecule has 1 aliphatic rings. The number of hydrogen-bond donors (Lipinski definition) is 1. The average molecular weight is 254 g/mol. The SMILES string of the molecule is Cc1ncc(N2CCNCC2)c(-c2ccccc2)n1. The largest absolute Gasteiger partial charge is 0.366 e. The van der Waals surface area contributed by atoms with Crippen LogP contribution in [0.2, 0.25) is 0 Å². The van der Waals surface area contributed by atoms with Gasteiger partial charge in [-0.05, 0) is 6.92 Å². The molecular weight excluding hydrogens is 236 g/mol. The summed E-state index contributed by atoms with van der Waals surface area (Å²) >= 11 is 0. The highest BCUT2D eigenvalue weighted by molar-refractivity contribution is 5.74. The molecule has 0 aliphatic carbocycles. The molecule has 0 unspecified atom stereocenters. The summed E-state index contributed by atoms with van der Waals surface area (Å²) < 4.78 is 0. The van der Waals surface area contributed by atoms with Crippen molar-refractivity contribution in [3.63, 3.8) is 0 Å². The highest BCUT2D eigenvalue weighted by atomic mass is 15.2. The van der Waals surface area contributed by atoms with E-state index >= 15 is 0 Å². The van der Waals surface area contributed by atoms with E-state index in [-0.39, 0.29) is 0 Å². The highest BCUT2D eigenvalue weighted by Crippen LogP contribution is 2.28. The van der Waals surface area contributed by atoms with Gasteiger partial charge in [0.2, 0.25) is 0 Å². The monoisotopic (exact) mass is 254 g/mol. The van der Waals surface area contributed by atoms with Gasteiger partial charge in [-0.1, -0.05) is 30.3 Å². The van der Waals surface area contributed by atoms with Crippen LogP contribution in [0.3, 0.4) is 0 Å². The first kappa shape index (κ1) is 12.1. The maximum absolute atomic E-state index is 4.65. The number of benzene rings is 1. The standard InChI is InChI=1S/C15H18N4/c1-12-17-11-14(19-9-7-16-8-10-19)15(18-12)13-5-3-2-4-6-13/h2-6,11,16H,7-10H2,1H3. The van der Waals surface area contributed by atoms with Gasteiger partial charge in [0.1, 0.15) is 5.82 Å². The van der Waals surface area contributed by atoms with Gasteiger partial charge in [0, 0.05) is 31.7 Å². The van der Waals surface area contributed by atoms with Crippen molar-refractivity contribution in [3.05, 3.63) is 42.4 Å². The van der Waals surface area contributed by atoms with E-state index in [1.165, 1.54) is 0 Å². The molecule has 4 nitrogen and oxygen atoms in total. The molecule has 3 rings (SSSR count). The van der Waals surface area contributed by atoms with E-state index in [1.807, 2.05) is 31.3 Å². The normalized spacial score (nSPS) is 15.5. The fourth-order valence-electron chi connectivity index (χ4n) is 2.41. The van der Waals surface area contributed by atoms with Crippen LogP contribution in [0.15, 0.2) is 36.5 Å². The van der Waals surface area contributed by atoms with Crippen LogP contribution < -0.4 is 10.2 Å². The maximum atomic E-state index is 4.65. The number of rotatable bonds is 2. The van der Waals surface area contributed by atoms with E-state index in [4.69, 9.17) is 0 Å². The zero-order valence-electron chi connectivity index (χ0n) is 11.1.